The molecule has 1 heterocycles. The lowest BCUT2D eigenvalue weighted by atomic mass is 9.91. The quantitative estimate of drug-likeness (QED) is 0.817. The van der Waals surface area contributed by atoms with Gasteiger partial charge in [0.15, 0.2) is 5.78 Å². The summed E-state index contributed by atoms with van der Waals surface area (Å²) in [6, 6.07) is 2.73. The topological polar surface area (TPSA) is 40.5 Å². The molecule has 3 nitrogen and oxygen atoms in total. The number of ketones is 1. The standard InChI is InChI=1S/C19H29NO2/c1-13-11-14(2)19(16(4)22)15(3)18(13)12-20-9-5-7-17(20)8-6-10-21/h11,17,21H,5-10,12H2,1-4H3. The minimum absolute atomic E-state index is 0.162. The highest BCUT2D eigenvalue weighted by Crippen LogP contribution is 2.28. The molecule has 0 aromatic heterocycles. The first-order chi connectivity index (χ1) is 10.5. The monoisotopic (exact) mass is 303 g/mol. The average molecular weight is 303 g/mol. The summed E-state index contributed by atoms with van der Waals surface area (Å²) in [6.45, 7) is 10.3. The highest BCUT2D eigenvalue weighted by Gasteiger charge is 2.25. The molecule has 2 rings (SSSR count). The molecule has 1 aromatic rings. The van der Waals surface area contributed by atoms with Crippen LogP contribution in [0.3, 0.4) is 0 Å². The summed E-state index contributed by atoms with van der Waals surface area (Å²) in [6.07, 6.45) is 4.41. The molecule has 0 aliphatic carbocycles. The Balaban J connectivity index is 2.25. The van der Waals surface area contributed by atoms with Crippen molar-refractivity contribution in [2.24, 2.45) is 0 Å². The second-order valence-electron chi connectivity index (χ2n) is 6.68. The van der Waals surface area contributed by atoms with E-state index in [-0.39, 0.29) is 12.4 Å². The van der Waals surface area contributed by atoms with Crippen molar-refractivity contribution in [1.82, 2.24) is 4.90 Å². The van der Waals surface area contributed by atoms with Gasteiger partial charge in [0.25, 0.3) is 0 Å². The largest absolute Gasteiger partial charge is 0.396 e. The number of hydrogen-bond donors (Lipinski definition) is 1. The summed E-state index contributed by atoms with van der Waals surface area (Å²) in [5, 5.41) is 9.06. The van der Waals surface area contributed by atoms with Crippen LogP contribution in [0.25, 0.3) is 0 Å². The van der Waals surface area contributed by atoms with Gasteiger partial charge in [-0.2, -0.15) is 0 Å². The second-order valence-corrected chi connectivity index (χ2v) is 6.68. The van der Waals surface area contributed by atoms with Crippen LogP contribution >= 0.6 is 0 Å². The molecule has 3 heteroatoms. The maximum absolute atomic E-state index is 12.0. The summed E-state index contributed by atoms with van der Waals surface area (Å²) in [5.74, 6) is 0.162. The minimum Gasteiger partial charge on any atom is -0.396 e. The lowest BCUT2D eigenvalue weighted by Gasteiger charge is -2.27. The molecule has 0 amide bonds. The van der Waals surface area contributed by atoms with E-state index in [1.54, 1.807) is 6.92 Å². The van der Waals surface area contributed by atoms with Crippen LogP contribution in [0, 0.1) is 20.8 Å². The Morgan fingerprint density at radius 2 is 2.05 bits per heavy atom. The van der Waals surface area contributed by atoms with Crippen LogP contribution in [0.2, 0.25) is 0 Å². The van der Waals surface area contributed by atoms with Crippen LogP contribution in [0.5, 0.6) is 0 Å². The smallest absolute Gasteiger partial charge is 0.160 e. The first-order valence-corrected chi connectivity index (χ1v) is 8.41. The molecule has 0 saturated carbocycles. The lowest BCUT2D eigenvalue weighted by Crippen LogP contribution is -2.30. The number of nitrogens with zero attached hydrogens (tertiary/aromatic N) is 1. The van der Waals surface area contributed by atoms with E-state index < -0.39 is 0 Å². The number of hydrogen-bond acceptors (Lipinski definition) is 3. The maximum atomic E-state index is 12.0. The van der Waals surface area contributed by atoms with E-state index in [2.05, 4.69) is 24.8 Å². The van der Waals surface area contributed by atoms with E-state index in [1.165, 1.54) is 24.0 Å². The van der Waals surface area contributed by atoms with Crippen LogP contribution in [-0.4, -0.2) is 35.0 Å². The van der Waals surface area contributed by atoms with Crippen LogP contribution in [0.4, 0.5) is 0 Å². The van der Waals surface area contributed by atoms with Gasteiger partial charge in [-0.25, -0.2) is 0 Å². The van der Waals surface area contributed by atoms with Gasteiger partial charge in [0.05, 0.1) is 0 Å². The molecule has 1 N–H and O–H groups in total. The van der Waals surface area contributed by atoms with Crippen molar-refractivity contribution in [3.8, 4) is 0 Å². The molecule has 1 aliphatic rings. The first-order valence-electron chi connectivity index (χ1n) is 8.41. The Bertz CT molecular complexity index is 551. The first kappa shape index (κ1) is 17.2. The van der Waals surface area contributed by atoms with E-state index in [4.69, 9.17) is 5.11 Å². The van der Waals surface area contributed by atoms with Gasteiger partial charge in [-0.05, 0) is 82.2 Å². The zero-order valence-electron chi connectivity index (χ0n) is 14.4. The van der Waals surface area contributed by atoms with Gasteiger partial charge in [-0.15, -0.1) is 0 Å². The van der Waals surface area contributed by atoms with E-state index in [0.717, 1.165) is 42.6 Å². The molecule has 1 aliphatic heterocycles. The fraction of sp³-hybridized carbons (Fsp3) is 0.632. The Hall–Kier alpha value is -1.19. The number of benzene rings is 1. The molecule has 22 heavy (non-hydrogen) atoms. The van der Waals surface area contributed by atoms with Crippen molar-refractivity contribution in [3.63, 3.8) is 0 Å². The zero-order chi connectivity index (χ0) is 16.3. The molecule has 122 valence electrons. The van der Waals surface area contributed by atoms with Gasteiger partial charge in [0.2, 0.25) is 0 Å². The average Bonchev–Trinajstić information content (AvgIpc) is 2.87. The Kier molecular flexibility index (Phi) is 5.76. The molecule has 1 unspecified atom stereocenters. The summed E-state index contributed by atoms with van der Waals surface area (Å²) in [7, 11) is 0. The SMILES string of the molecule is CC(=O)c1c(C)cc(C)c(CN2CCCC2CCCO)c1C. The third kappa shape index (κ3) is 3.58. The molecule has 1 saturated heterocycles. The highest BCUT2D eigenvalue weighted by molar-refractivity contribution is 5.97. The third-order valence-corrected chi connectivity index (χ3v) is 5.04. The number of Topliss-reactive ketones (excluding diaryl/α,β-unsaturated/α-hetero) is 1. The normalized spacial score (nSPS) is 18.9. The van der Waals surface area contributed by atoms with Crippen molar-refractivity contribution >= 4 is 5.78 Å². The Morgan fingerprint density at radius 3 is 2.68 bits per heavy atom. The number of carbonyl (C=O) groups excluding carboxylic acids is 1. The second kappa shape index (κ2) is 7.38. The number of carbonyl (C=O) groups is 1. The predicted molar refractivity (Wildman–Crippen MR) is 90.4 cm³/mol. The van der Waals surface area contributed by atoms with Crippen LogP contribution in [0.1, 0.15) is 65.2 Å². The molecule has 1 fully saturated rings. The van der Waals surface area contributed by atoms with E-state index >= 15 is 0 Å². The molecule has 0 radical (unpaired) electrons. The Labute approximate surface area is 134 Å². The summed E-state index contributed by atoms with van der Waals surface area (Å²) >= 11 is 0. The molecule has 1 aromatic carbocycles. The lowest BCUT2D eigenvalue weighted by molar-refractivity contribution is 0.101. The molecular weight excluding hydrogens is 274 g/mol. The van der Waals surface area contributed by atoms with Gasteiger partial charge < -0.3 is 5.11 Å². The van der Waals surface area contributed by atoms with E-state index in [9.17, 15) is 4.79 Å². The highest BCUT2D eigenvalue weighted by atomic mass is 16.2. The molecule has 0 spiro atoms. The number of aliphatic hydroxyl groups excluding tert-OH is 1. The van der Waals surface area contributed by atoms with Gasteiger partial charge in [-0.3, -0.25) is 9.69 Å². The minimum atomic E-state index is 0.162. The number of aryl methyl sites for hydroxylation is 2. The summed E-state index contributed by atoms with van der Waals surface area (Å²) in [4.78, 5) is 14.5. The fourth-order valence-corrected chi connectivity index (χ4v) is 3.97. The maximum Gasteiger partial charge on any atom is 0.160 e. The Morgan fingerprint density at radius 1 is 1.32 bits per heavy atom. The summed E-state index contributed by atoms with van der Waals surface area (Å²) < 4.78 is 0. The molecule has 0 bridgehead atoms. The number of likely N-dealkylation sites (tertiary alicyclic amines) is 1. The van der Waals surface area contributed by atoms with Crippen LogP contribution in [0.15, 0.2) is 6.07 Å². The van der Waals surface area contributed by atoms with Gasteiger partial charge in [-0.1, -0.05) is 6.07 Å². The fourth-order valence-electron chi connectivity index (χ4n) is 3.97. The van der Waals surface area contributed by atoms with Gasteiger partial charge in [0.1, 0.15) is 0 Å². The van der Waals surface area contributed by atoms with Crippen LogP contribution < -0.4 is 0 Å². The van der Waals surface area contributed by atoms with Crippen molar-refractivity contribution in [3.05, 3.63) is 33.9 Å². The number of rotatable bonds is 6. The van der Waals surface area contributed by atoms with E-state index in [1.807, 2.05) is 6.92 Å². The van der Waals surface area contributed by atoms with Crippen molar-refractivity contribution in [2.75, 3.05) is 13.2 Å². The van der Waals surface area contributed by atoms with Gasteiger partial charge in [0, 0.05) is 24.8 Å². The van der Waals surface area contributed by atoms with Crippen molar-refractivity contribution < 1.29 is 9.90 Å². The predicted octanol–water partition coefficient (Wildman–Crippen LogP) is 3.55. The van der Waals surface area contributed by atoms with Gasteiger partial charge >= 0.3 is 0 Å². The van der Waals surface area contributed by atoms with E-state index in [0.29, 0.717) is 6.04 Å². The van der Waals surface area contributed by atoms with Crippen molar-refractivity contribution in [2.45, 2.75) is 66.0 Å². The molecular formula is C19H29NO2. The zero-order valence-corrected chi connectivity index (χ0v) is 14.4. The summed E-state index contributed by atoms with van der Waals surface area (Å²) in [5.41, 5.74) is 5.73. The number of aliphatic hydroxyl groups is 1. The molecule has 1 atom stereocenters. The third-order valence-electron chi connectivity index (χ3n) is 5.04. The van der Waals surface area contributed by atoms with Crippen LogP contribution in [-0.2, 0) is 6.54 Å². The van der Waals surface area contributed by atoms with Crippen molar-refractivity contribution in [1.29, 1.82) is 0 Å².